The molecule has 1 aromatic carbocycles. The summed E-state index contributed by atoms with van der Waals surface area (Å²) in [5, 5.41) is 6.65. The van der Waals surface area contributed by atoms with Crippen LogP contribution in [0.5, 0.6) is 5.75 Å². The molecule has 1 heterocycles. The van der Waals surface area contributed by atoms with Crippen molar-refractivity contribution in [2.75, 3.05) is 5.32 Å². The van der Waals surface area contributed by atoms with E-state index in [1.165, 1.54) is 12.1 Å². The Balaban J connectivity index is 1.85. The number of rotatable bonds is 5. The molecule has 1 amide bonds. The van der Waals surface area contributed by atoms with Gasteiger partial charge in [-0.1, -0.05) is 0 Å². The molecule has 5 nitrogen and oxygen atoms in total. The summed E-state index contributed by atoms with van der Waals surface area (Å²) in [7, 11) is 0. The molecule has 118 valence electrons. The number of nitrogens with zero attached hydrogens (tertiary/aromatic N) is 2. The second-order valence-electron chi connectivity index (χ2n) is 4.57. The number of aryl methyl sites for hydroxylation is 2. The highest BCUT2D eigenvalue weighted by Gasteiger charge is 2.30. The van der Waals surface area contributed by atoms with Gasteiger partial charge >= 0.3 is 6.36 Å². The largest absolute Gasteiger partial charge is 0.573 e. The minimum Gasteiger partial charge on any atom is -0.406 e. The van der Waals surface area contributed by atoms with Gasteiger partial charge in [0.15, 0.2) is 0 Å². The van der Waals surface area contributed by atoms with Gasteiger partial charge in [0.1, 0.15) is 5.75 Å². The first-order chi connectivity index (χ1) is 10.3. The fourth-order valence-corrected chi connectivity index (χ4v) is 1.80. The number of hydrogen-bond acceptors (Lipinski definition) is 3. The van der Waals surface area contributed by atoms with E-state index in [-0.39, 0.29) is 18.1 Å². The second kappa shape index (κ2) is 6.50. The third-order valence-electron chi connectivity index (χ3n) is 2.85. The van der Waals surface area contributed by atoms with Crippen LogP contribution in [0.15, 0.2) is 36.5 Å². The molecule has 0 bridgehead atoms. The number of benzene rings is 1. The predicted molar refractivity (Wildman–Crippen MR) is 73.3 cm³/mol. The average Bonchev–Trinajstić information content (AvgIpc) is 2.83. The molecule has 0 atom stereocenters. The number of anilines is 1. The average molecular weight is 313 g/mol. The van der Waals surface area contributed by atoms with Gasteiger partial charge in [0.05, 0.1) is 0 Å². The summed E-state index contributed by atoms with van der Waals surface area (Å²) in [6.07, 6.45) is -2.87. The Hall–Kier alpha value is -2.51. The van der Waals surface area contributed by atoms with Crippen molar-refractivity contribution in [2.24, 2.45) is 0 Å². The third-order valence-corrected chi connectivity index (χ3v) is 2.85. The maximum absolute atomic E-state index is 12.0. The molecule has 0 saturated carbocycles. The lowest BCUT2D eigenvalue weighted by Gasteiger charge is -2.10. The van der Waals surface area contributed by atoms with Crippen molar-refractivity contribution in [3.63, 3.8) is 0 Å². The zero-order valence-corrected chi connectivity index (χ0v) is 11.7. The van der Waals surface area contributed by atoms with E-state index in [4.69, 9.17) is 0 Å². The van der Waals surface area contributed by atoms with Gasteiger partial charge in [0.2, 0.25) is 5.91 Å². The van der Waals surface area contributed by atoms with Crippen LogP contribution in [0.2, 0.25) is 0 Å². The van der Waals surface area contributed by atoms with Crippen LogP contribution in [0.3, 0.4) is 0 Å². The molecule has 0 spiro atoms. The molecule has 0 unspecified atom stereocenters. The molecule has 2 aromatic rings. The van der Waals surface area contributed by atoms with E-state index in [0.29, 0.717) is 12.2 Å². The zero-order valence-electron chi connectivity index (χ0n) is 11.7. The van der Waals surface area contributed by atoms with Gasteiger partial charge in [0.25, 0.3) is 0 Å². The first-order valence-corrected chi connectivity index (χ1v) is 6.47. The van der Waals surface area contributed by atoms with Crippen LogP contribution >= 0.6 is 0 Å². The standard InChI is InChI=1S/C14H14F3N3O2/c1-10-6-8-18-20(10)9-7-13(21)19-11-2-4-12(5-3-11)22-14(15,16)17/h2-6,8H,7,9H2,1H3,(H,19,21). The van der Waals surface area contributed by atoms with Crippen LogP contribution < -0.4 is 10.1 Å². The number of aromatic nitrogens is 2. The quantitative estimate of drug-likeness (QED) is 0.922. The molecular weight excluding hydrogens is 299 g/mol. The molecule has 0 radical (unpaired) electrons. The molecule has 1 aromatic heterocycles. The van der Waals surface area contributed by atoms with Gasteiger partial charge in [-0.2, -0.15) is 5.10 Å². The maximum atomic E-state index is 12.0. The van der Waals surface area contributed by atoms with Crippen LogP contribution in [-0.2, 0) is 11.3 Å². The molecule has 2 rings (SSSR count). The summed E-state index contributed by atoms with van der Waals surface area (Å²) < 4.78 is 41.5. The van der Waals surface area contributed by atoms with Gasteiger partial charge in [-0.3, -0.25) is 9.48 Å². The second-order valence-corrected chi connectivity index (χ2v) is 4.57. The highest BCUT2D eigenvalue weighted by Crippen LogP contribution is 2.23. The van der Waals surface area contributed by atoms with Gasteiger partial charge in [-0.05, 0) is 37.3 Å². The van der Waals surface area contributed by atoms with E-state index in [1.807, 2.05) is 13.0 Å². The van der Waals surface area contributed by atoms with E-state index in [1.54, 1.807) is 10.9 Å². The van der Waals surface area contributed by atoms with Gasteiger partial charge in [-0.15, -0.1) is 13.2 Å². The lowest BCUT2D eigenvalue weighted by atomic mass is 10.3. The highest BCUT2D eigenvalue weighted by atomic mass is 19.4. The smallest absolute Gasteiger partial charge is 0.406 e. The van der Waals surface area contributed by atoms with E-state index in [0.717, 1.165) is 17.8 Å². The Morgan fingerprint density at radius 1 is 1.27 bits per heavy atom. The third kappa shape index (κ3) is 4.80. The summed E-state index contributed by atoms with van der Waals surface area (Å²) in [6.45, 7) is 2.31. The lowest BCUT2D eigenvalue weighted by Crippen LogP contribution is -2.17. The van der Waals surface area contributed by atoms with Crippen molar-refractivity contribution in [1.29, 1.82) is 0 Å². The summed E-state index contributed by atoms with van der Waals surface area (Å²) in [5.74, 6) is -0.586. The number of alkyl halides is 3. The predicted octanol–water partition coefficient (Wildman–Crippen LogP) is 3.12. The molecular formula is C14H14F3N3O2. The first-order valence-electron chi connectivity index (χ1n) is 6.47. The molecule has 8 heteroatoms. The minimum atomic E-state index is -4.73. The number of nitrogens with one attached hydrogen (secondary N) is 1. The van der Waals surface area contributed by atoms with Crippen molar-refractivity contribution in [2.45, 2.75) is 26.3 Å². The van der Waals surface area contributed by atoms with Crippen LogP contribution in [0.25, 0.3) is 0 Å². The van der Waals surface area contributed by atoms with Crippen LogP contribution in [0, 0.1) is 6.92 Å². The Bertz CT molecular complexity index is 636. The highest BCUT2D eigenvalue weighted by molar-refractivity contribution is 5.90. The monoisotopic (exact) mass is 313 g/mol. The molecule has 0 fully saturated rings. The van der Waals surface area contributed by atoms with Gasteiger partial charge in [0, 0.05) is 30.5 Å². The Kier molecular flexibility index (Phi) is 4.69. The van der Waals surface area contributed by atoms with E-state index < -0.39 is 6.36 Å². The topological polar surface area (TPSA) is 56.2 Å². The normalized spacial score (nSPS) is 11.3. The Labute approximate surface area is 124 Å². The number of carbonyl (C=O) groups excluding carboxylic acids is 1. The fraction of sp³-hybridized carbons (Fsp3) is 0.286. The van der Waals surface area contributed by atoms with E-state index >= 15 is 0 Å². The van der Waals surface area contributed by atoms with Crippen molar-refractivity contribution >= 4 is 11.6 Å². The summed E-state index contributed by atoms with van der Waals surface area (Å²) in [5.41, 5.74) is 1.35. The van der Waals surface area contributed by atoms with Gasteiger partial charge in [-0.25, -0.2) is 0 Å². The molecule has 0 aliphatic rings. The molecule has 1 N–H and O–H groups in total. The van der Waals surface area contributed by atoms with E-state index in [2.05, 4.69) is 15.2 Å². The number of carbonyl (C=O) groups is 1. The number of ether oxygens (including phenoxy) is 1. The molecule has 0 aliphatic heterocycles. The van der Waals surface area contributed by atoms with Crippen molar-refractivity contribution < 1.29 is 22.7 Å². The number of hydrogen-bond donors (Lipinski definition) is 1. The van der Waals surface area contributed by atoms with E-state index in [9.17, 15) is 18.0 Å². The SMILES string of the molecule is Cc1ccnn1CCC(=O)Nc1ccc(OC(F)(F)F)cc1. The van der Waals surface area contributed by atoms with Crippen molar-refractivity contribution in [3.8, 4) is 5.75 Å². The molecule has 22 heavy (non-hydrogen) atoms. The maximum Gasteiger partial charge on any atom is 0.573 e. The molecule has 0 aliphatic carbocycles. The summed E-state index contributed by atoms with van der Waals surface area (Å²) in [4.78, 5) is 11.8. The van der Waals surface area contributed by atoms with Gasteiger partial charge < -0.3 is 10.1 Å². The number of amides is 1. The van der Waals surface area contributed by atoms with Crippen LogP contribution in [0.1, 0.15) is 12.1 Å². The van der Waals surface area contributed by atoms with Crippen molar-refractivity contribution in [1.82, 2.24) is 9.78 Å². The summed E-state index contributed by atoms with van der Waals surface area (Å²) in [6, 6.07) is 6.80. The lowest BCUT2D eigenvalue weighted by molar-refractivity contribution is -0.274. The van der Waals surface area contributed by atoms with Crippen molar-refractivity contribution in [3.05, 3.63) is 42.2 Å². The number of halogens is 3. The Morgan fingerprint density at radius 3 is 2.50 bits per heavy atom. The minimum absolute atomic E-state index is 0.212. The zero-order chi connectivity index (χ0) is 16.2. The van der Waals surface area contributed by atoms with Crippen LogP contribution in [-0.4, -0.2) is 22.1 Å². The van der Waals surface area contributed by atoms with Crippen LogP contribution in [0.4, 0.5) is 18.9 Å². The molecule has 0 saturated heterocycles. The Morgan fingerprint density at radius 2 is 1.95 bits per heavy atom. The fourth-order valence-electron chi connectivity index (χ4n) is 1.80. The summed E-state index contributed by atoms with van der Waals surface area (Å²) >= 11 is 0. The first kappa shape index (κ1) is 15.9.